The molecule has 1 saturated heterocycles. The molecule has 0 atom stereocenters. The van der Waals surface area contributed by atoms with Crippen LogP contribution >= 0.6 is 0 Å². The lowest BCUT2D eigenvalue weighted by atomic mass is 9.96. The number of aromatic nitrogens is 2. The molecule has 0 radical (unpaired) electrons. The molecule has 1 aliphatic heterocycles. The Balaban J connectivity index is 1.86. The van der Waals surface area contributed by atoms with Gasteiger partial charge in [-0.05, 0) is 18.8 Å². The van der Waals surface area contributed by atoms with E-state index in [0.717, 1.165) is 31.4 Å². The molecule has 2 heterocycles. The topological polar surface area (TPSA) is 37.9 Å². The van der Waals surface area contributed by atoms with Crippen LogP contribution in [0.4, 0.5) is 0 Å². The molecule has 12 heavy (non-hydrogen) atoms. The largest absolute Gasteiger partial charge is 0.381 e. The zero-order chi connectivity index (χ0) is 8.23. The summed E-state index contributed by atoms with van der Waals surface area (Å²) in [5.41, 5.74) is 0. The number of rotatable bonds is 2. The highest BCUT2D eigenvalue weighted by Crippen LogP contribution is 2.17. The van der Waals surface area contributed by atoms with Gasteiger partial charge in [-0.3, -0.25) is 0 Å². The van der Waals surface area contributed by atoms with Crippen LogP contribution in [0.3, 0.4) is 0 Å². The number of H-pyrrole nitrogens is 1. The van der Waals surface area contributed by atoms with Crippen molar-refractivity contribution in [2.24, 2.45) is 5.92 Å². The lowest BCUT2D eigenvalue weighted by molar-refractivity contribution is 0.0660. The Labute approximate surface area is 72.2 Å². The minimum Gasteiger partial charge on any atom is -0.381 e. The van der Waals surface area contributed by atoms with Crippen LogP contribution in [0.2, 0.25) is 0 Å². The van der Waals surface area contributed by atoms with Crippen LogP contribution in [0, 0.1) is 5.92 Å². The third-order valence-corrected chi connectivity index (χ3v) is 2.38. The van der Waals surface area contributed by atoms with Crippen molar-refractivity contribution in [2.45, 2.75) is 19.3 Å². The first-order valence-corrected chi connectivity index (χ1v) is 4.51. The first-order valence-electron chi connectivity index (χ1n) is 4.51. The van der Waals surface area contributed by atoms with Crippen LogP contribution in [0.25, 0.3) is 0 Å². The van der Waals surface area contributed by atoms with E-state index in [0.29, 0.717) is 0 Å². The normalized spacial score (nSPS) is 19.7. The smallest absolute Gasteiger partial charge is 0.106 e. The van der Waals surface area contributed by atoms with Crippen LogP contribution in [-0.2, 0) is 11.2 Å². The maximum absolute atomic E-state index is 5.29. The predicted molar refractivity (Wildman–Crippen MR) is 45.8 cm³/mol. The van der Waals surface area contributed by atoms with Gasteiger partial charge in [0, 0.05) is 32.0 Å². The van der Waals surface area contributed by atoms with Gasteiger partial charge in [0.2, 0.25) is 0 Å². The molecular formula is C9H14N2O. The van der Waals surface area contributed by atoms with E-state index in [1.807, 2.05) is 12.4 Å². The molecule has 1 N–H and O–H groups in total. The second-order valence-corrected chi connectivity index (χ2v) is 3.30. The number of hydrogen-bond acceptors (Lipinski definition) is 2. The summed E-state index contributed by atoms with van der Waals surface area (Å²) in [4.78, 5) is 7.35. The van der Waals surface area contributed by atoms with Crippen LogP contribution in [-0.4, -0.2) is 23.2 Å². The van der Waals surface area contributed by atoms with E-state index in [2.05, 4.69) is 9.97 Å². The summed E-state index contributed by atoms with van der Waals surface area (Å²) in [5, 5.41) is 0. The summed E-state index contributed by atoms with van der Waals surface area (Å²) < 4.78 is 5.29. The molecule has 2 rings (SSSR count). The van der Waals surface area contributed by atoms with Crippen molar-refractivity contribution in [2.75, 3.05) is 13.2 Å². The molecule has 66 valence electrons. The van der Waals surface area contributed by atoms with Gasteiger partial charge in [-0.2, -0.15) is 0 Å². The molecule has 0 amide bonds. The monoisotopic (exact) mass is 166 g/mol. The SMILES string of the molecule is c1c[nH]c(CC2CCOCC2)n1. The summed E-state index contributed by atoms with van der Waals surface area (Å²) in [6.07, 6.45) is 7.14. The van der Waals surface area contributed by atoms with Crippen LogP contribution < -0.4 is 0 Å². The summed E-state index contributed by atoms with van der Waals surface area (Å²) >= 11 is 0. The molecule has 1 aromatic heterocycles. The fourth-order valence-corrected chi connectivity index (χ4v) is 1.63. The Kier molecular flexibility index (Phi) is 2.42. The third-order valence-electron chi connectivity index (χ3n) is 2.38. The van der Waals surface area contributed by atoms with Crippen molar-refractivity contribution in [3.8, 4) is 0 Å². The van der Waals surface area contributed by atoms with Gasteiger partial charge in [-0.15, -0.1) is 0 Å². The molecule has 1 aromatic rings. The Hall–Kier alpha value is -0.830. The van der Waals surface area contributed by atoms with E-state index in [-0.39, 0.29) is 0 Å². The van der Waals surface area contributed by atoms with Crippen LogP contribution in [0.5, 0.6) is 0 Å². The number of hydrogen-bond donors (Lipinski definition) is 1. The Bertz CT molecular complexity index is 214. The number of nitrogens with one attached hydrogen (secondary N) is 1. The summed E-state index contributed by atoms with van der Waals surface area (Å²) in [5.74, 6) is 1.88. The fraction of sp³-hybridized carbons (Fsp3) is 0.667. The lowest BCUT2D eigenvalue weighted by Gasteiger charge is -2.20. The molecule has 0 aromatic carbocycles. The van der Waals surface area contributed by atoms with Crippen molar-refractivity contribution in [1.29, 1.82) is 0 Å². The van der Waals surface area contributed by atoms with Crippen LogP contribution in [0.15, 0.2) is 12.4 Å². The van der Waals surface area contributed by atoms with Gasteiger partial charge in [0.25, 0.3) is 0 Å². The van der Waals surface area contributed by atoms with Gasteiger partial charge in [0.15, 0.2) is 0 Å². The van der Waals surface area contributed by atoms with Crippen molar-refractivity contribution in [3.05, 3.63) is 18.2 Å². The van der Waals surface area contributed by atoms with E-state index in [9.17, 15) is 0 Å². The van der Waals surface area contributed by atoms with Gasteiger partial charge < -0.3 is 9.72 Å². The first kappa shape index (κ1) is 7.80. The fourth-order valence-electron chi connectivity index (χ4n) is 1.63. The maximum Gasteiger partial charge on any atom is 0.106 e. The van der Waals surface area contributed by atoms with Crippen molar-refractivity contribution >= 4 is 0 Å². The summed E-state index contributed by atoms with van der Waals surface area (Å²) in [6, 6.07) is 0. The zero-order valence-electron chi connectivity index (χ0n) is 7.12. The highest BCUT2D eigenvalue weighted by molar-refractivity contribution is 4.89. The predicted octanol–water partition coefficient (Wildman–Crippen LogP) is 1.38. The standard InChI is InChI=1S/C9H14N2O/c1-5-12-6-2-8(1)7-9-10-3-4-11-9/h3-4,8H,1-2,5-7H2,(H,10,11). The number of ether oxygens (including phenoxy) is 1. The zero-order valence-corrected chi connectivity index (χ0v) is 7.12. The maximum atomic E-state index is 5.29. The number of nitrogens with zero attached hydrogens (tertiary/aromatic N) is 1. The minimum absolute atomic E-state index is 0.768. The van der Waals surface area contributed by atoms with Crippen LogP contribution in [0.1, 0.15) is 18.7 Å². The number of aromatic amines is 1. The molecule has 0 spiro atoms. The molecule has 1 fully saturated rings. The van der Waals surface area contributed by atoms with E-state index < -0.39 is 0 Å². The second kappa shape index (κ2) is 3.72. The van der Waals surface area contributed by atoms with Gasteiger partial charge in [0.05, 0.1) is 0 Å². The Morgan fingerprint density at radius 1 is 1.50 bits per heavy atom. The van der Waals surface area contributed by atoms with E-state index >= 15 is 0 Å². The lowest BCUT2D eigenvalue weighted by Crippen LogP contribution is -2.17. The Morgan fingerprint density at radius 2 is 2.33 bits per heavy atom. The van der Waals surface area contributed by atoms with Gasteiger partial charge in [-0.25, -0.2) is 4.98 Å². The molecular weight excluding hydrogens is 152 g/mol. The summed E-state index contributed by atoms with van der Waals surface area (Å²) in [6.45, 7) is 1.84. The molecule has 1 aliphatic rings. The molecule has 3 heteroatoms. The molecule has 3 nitrogen and oxygen atoms in total. The van der Waals surface area contributed by atoms with Gasteiger partial charge >= 0.3 is 0 Å². The third kappa shape index (κ3) is 1.85. The highest BCUT2D eigenvalue weighted by Gasteiger charge is 2.14. The van der Waals surface area contributed by atoms with Crippen molar-refractivity contribution < 1.29 is 4.74 Å². The number of imidazole rings is 1. The second-order valence-electron chi connectivity index (χ2n) is 3.30. The van der Waals surface area contributed by atoms with E-state index in [1.165, 1.54) is 12.8 Å². The average molecular weight is 166 g/mol. The van der Waals surface area contributed by atoms with E-state index in [1.54, 1.807) is 0 Å². The highest BCUT2D eigenvalue weighted by atomic mass is 16.5. The minimum atomic E-state index is 0.768. The van der Waals surface area contributed by atoms with Gasteiger partial charge in [0.1, 0.15) is 5.82 Å². The van der Waals surface area contributed by atoms with Crippen molar-refractivity contribution in [1.82, 2.24) is 9.97 Å². The molecule has 0 unspecified atom stereocenters. The van der Waals surface area contributed by atoms with Crippen molar-refractivity contribution in [3.63, 3.8) is 0 Å². The summed E-state index contributed by atoms with van der Waals surface area (Å²) in [7, 11) is 0. The average Bonchev–Trinajstić information content (AvgIpc) is 2.59. The molecule has 0 bridgehead atoms. The molecule has 0 aliphatic carbocycles. The van der Waals surface area contributed by atoms with E-state index in [4.69, 9.17) is 4.74 Å². The quantitative estimate of drug-likeness (QED) is 0.720. The van der Waals surface area contributed by atoms with Gasteiger partial charge in [-0.1, -0.05) is 0 Å². The molecule has 0 saturated carbocycles. The first-order chi connectivity index (χ1) is 5.95. The Morgan fingerprint density at radius 3 is 3.00 bits per heavy atom.